The summed E-state index contributed by atoms with van der Waals surface area (Å²) in [7, 11) is 0. The van der Waals surface area contributed by atoms with E-state index in [-0.39, 0.29) is 5.97 Å². The highest BCUT2D eigenvalue weighted by Crippen LogP contribution is 2.23. The quantitative estimate of drug-likeness (QED) is 0.379. The number of carbonyl (C=O) groups excluding carboxylic acids is 1. The van der Waals surface area contributed by atoms with Crippen LogP contribution >= 0.6 is 11.3 Å². The lowest BCUT2D eigenvalue weighted by Gasteiger charge is -2.06. The summed E-state index contributed by atoms with van der Waals surface area (Å²) in [5.74, 6) is -0.198. The molecule has 0 amide bonds. The lowest BCUT2D eigenvalue weighted by atomic mass is 10.2. The van der Waals surface area contributed by atoms with Gasteiger partial charge in [0.05, 0.1) is 55.0 Å². The highest BCUT2D eigenvalue weighted by atomic mass is 32.1. The van der Waals surface area contributed by atoms with Gasteiger partial charge >= 0.3 is 5.97 Å². The molecule has 3 aromatic rings. The number of ether oxygens (including phenoxy) is 3. The first-order valence-corrected chi connectivity index (χ1v) is 10.9. The predicted octanol–water partition coefficient (Wildman–Crippen LogP) is 5.07. The molecule has 6 heteroatoms. The summed E-state index contributed by atoms with van der Waals surface area (Å²) < 4.78 is 16.8. The Morgan fingerprint density at radius 3 is 2.07 bits per heavy atom. The van der Waals surface area contributed by atoms with E-state index in [4.69, 9.17) is 19.2 Å². The summed E-state index contributed by atoms with van der Waals surface area (Å²) in [6.07, 6.45) is 0.893. The Balaban J connectivity index is 1.59. The summed E-state index contributed by atoms with van der Waals surface area (Å²) in [4.78, 5) is 17.4. The maximum Gasteiger partial charge on any atom is 0.306 e. The number of hydrogen-bond donors (Lipinski definition) is 0. The van der Waals surface area contributed by atoms with Crippen molar-refractivity contribution in [2.24, 2.45) is 0 Å². The van der Waals surface area contributed by atoms with Gasteiger partial charge < -0.3 is 14.2 Å². The summed E-state index contributed by atoms with van der Waals surface area (Å²) in [6, 6.07) is 20.1. The van der Waals surface area contributed by atoms with Crippen LogP contribution in [-0.4, -0.2) is 17.6 Å². The third kappa shape index (κ3) is 7.37. The normalized spacial score (nSPS) is 10.8. The van der Waals surface area contributed by atoms with E-state index in [0.717, 1.165) is 26.7 Å². The van der Waals surface area contributed by atoms with Gasteiger partial charge in [0.1, 0.15) is 0 Å². The van der Waals surface area contributed by atoms with Crippen molar-refractivity contribution in [2.75, 3.05) is 6.61 Å². The highest BCUT2D eigenvalue weighted by molar-refractivity contribution is 7.11. The van der Waals surface area contributed by atoms with E-state index in [9.17, 15) is 4.79 Å². The Morgan fingerprint density at radius 2 is 1.47 bits per heavy atom. The number of nitrogens with zero attached hydrogens (tertiary/aromatic N) is 1. The van der Waals surface area contributed by atoms with Crippen LogP contribution in [0.15, 0.2) is 60.7 Å². The summed E-state index contributed by atoms with van der Waals surface area (Å²) >= 11 is 1.58. The van der Waals surface area contributed by atoms with Crippen LogP contribution < -0.4 is 0 Å². The third-order valence-electron chi connectivity index (χ3n) is 4.37. The average molecular weight is 426 g/mol. The molecule has 0 radical (unpaired) electrons. The molecule has 5 nitrogen and oxygen atoms in total. The van der Waals surface area contributed by atoms with Crippen LogP contribution in [0.2, 0.25) is 0 Å². The molecule has 2 aromatic carbocycles. The molecule has 158 valence electrons. The number of esters is 1. The minimum atomic E-state index is -0.198. The van der Waals surface area contributed by atoms with Crippen LogP contribution in [0.4, 0.5) is 0 Å². The maximum absolute atomic E-state index is 11.7. The van der Waals surface area contributed by atoms with Gasteiger partial charge in [-0.3, -0.25) is 4.79 Å². The third-order valence-corrected chi connectivity index (χ3v) is 5.50. The SMILES string of the molecule is CCOC(=O)CCc1nc(COCc2ccccc2)c(COCc2ccccc2)s1. The topological polar surface area (TPSA) is 57.7 Å². The van der Waals surface area contributed by atoms with Gasteiger partial charge in [0.25, 0.3) is 0 Å². The molecule has 0 atom stereocenters. The molecule has 0 fully saturated rings. The van der Waals surface area contributed by atoms with E-state index in [1.54, 1.807) is 11.3 Å². The smallest absolute Gasteiger partial charge is 0.306 e. The molecule has 0 aliphatic carbocycles. The van der Waals surface area contributed by atoms with Gasteiger partial charge in [-0.1, -0.05) is 60.7 Å². The van der Waals surface area contributed by atoms with Crippen LogP contribution in [0.3, 0.4) is 0 Å². The van der Waals surface area contributed by atoms with Gasteiger partial charge in [0.15, 0.2) is 0 Å². The van der Waals surface area contributed by atoms with Gasteiger partial charge in [-0.2, -0.15) is 0 Å². The number of benzene rings is 2. The Bertz CT molecular complexity index is 833. The van der Waals surface area contributed by atoms with Crippen molar-refractivity contribution in [1.29, 1.82) is 0 Å². The monoisotopic (exact) mass is 425 g/mol. The molecule has 0 bridgehead atoms. The van der Waals surface area contributed by atoms with Crippen molar-refractivity contribution in [3.8, 4) is 0 Å². The summed E-state index contributed by atoms with van der Waals surface area (Å²) in [6.45, 7) is 4.16. The van der Waals surface area contributed by atoms with E-state index >= 15 is 0 Å². The second-order valence-corrected chi connectivity index (χ2v) is 7.91. The van der Waals surface area contributed by atoms with Crippen molar-refractivity contribution >= 4 is 17.3 Å². The van der Waals surface area contributed by atoms with Crippen molar-refractivity contribution in [1.82, 2.24) is 4.98 Å². The number of aromatic nitrogens is 1. The van der Waals surface area contributed by atoms with Crippen LogP contribution in [0.25, 0.3) is 0 Å². The number of thiazole rings is 1. The van der Waals surface area contributed by atoms with Crippen LogP contribution in [-0.2, 0) is 51.9 Å². The minimum absolute atomic E-state index is 0.198. The molecule has 0 spiro atoms. The number of aryl methyl sites for hydroxylation is 1. The lowest BCUT2D eigenvalue weighted by Crippen LogP contribution is -2.05. The zero-order valence-electron chi connectivity index (χ0n) is 17.2. The highest BCUT2D eigenvalue weighted by Gasteiger charge is 2.14. The number of hydrogen-bond acceptors (Lipinski definition) is 6. The van der Waals surface area contributed by atoms with Crippen molar-refractivity contribution in [2.45, 2.75) is 46.2 Å². The minimum Gasteiger partial charge on any atom is -0.466 e. The fraction of sp³-hybridized carbons (Fsp3) is 0.333. The molecule has 1 heterocycles. The fourth-order valence-electron chi connectivity index (χ4n) is 2.89. The molecule has 0 unspecified atom stereocenters. The molecule has 0 N–H and O–H groups in total. The molecule has 3 rings (SSSR count). The predicted molar refractivity (Wildman–Crippen MR) is 117 cm³/mol. The van der Waals surface area contributed by atoms with Crippen molar-refractivity contribution in [3.63, 3.8) is 0 Å². The molecule has 0 aliphatic heterocycles. The first-order valence-electron chi connectivity index (χ1n) is 10.1. The Labute approximate surface area is 181 Å². The van der Waals surface area contributed by atoms with Crippen molar-refractivity contribution in [3.05, 3.63) is 87.4 Å². The van der Waals surface area contributed by atoms with E-state index in [2.05, 4.69) is 0 Å². The number of carbonyl (C=O) groups is 1. The number of rotatable bonds is 12. The fourth-order valence-corrected chi connectivity index (χ4v) is 3.90. The molecule has 0 saturated carbocycles. The average Bonchev–Trinajstić information content (AvgIpc) is 3.16. The van der Waals surface area contributed by atoms with Crippen LogP contribution in [0.1, 0.15) is 40.1 Å². The molecular formula is C24H27NO4S. The van der Waals surface area contributed by atoms with E-state index in [1.165, 1.54) is 0 Å². The van der Waals surface area contributed by atoms with Gasteiger partial charge in [-0.15, -0.1) is 11.3 Å². The Kier molecular flexibility index (Phi) is 9.03. The maximum atomic E-state index is 11.7. The molecule has 1 aromatic heterocycles. The lowest BCUT2D eigenvalue weighted by molar-refractivity contribution is -0.143. The van der Waals surface area contributed by atoms with Crippen LogP contribution in [0, 0.1) is 0 Å². The first kappa shape index (κ1) is 22.2. The Morgan fingerprint density at radius 1 is 0.867 bits per heavy atom. The van der Waals surface area contributed by atoms with E-state index < -0.39 is 0 Å². The van der Waals surface area contributed by atoms with Crippen molar-refractivity contribution < 1.29 is 19.0 Å². The zero-order chi connectivity index (χ0) is 21.0. The summed E-state index contributed by atoms with van der Waals surface area (Å²) in [5, 5.41) is 0.902. The second-order valence-electron chi connectivity index (χ2n) is 6.74. The van der Waals surface area contributed by atoms with E-state index in [1.807, 2.05) is 67.6 Å². The largest absolute Gasteiger partial charge is 0.466 e. The molecular weight excluding hydrogens is 398 g/mol. The standard InChI is InChI=1S/C24H27NO4S/c1-2-29-24(26)14-13-23-25-21(17-27-15-19-9-5-3-6-10-19)22(30-23)18-28-16-20-11-7-4-8-12-20/h3-12H,2,13-18H2,1H3. The molecule has 0 saturated heterocycles. The van der Waals surface area contributed by atoms with Gasteiger partial charge in [0.2, 0.25) is 0 Å². The second kappa shape index (κ2) is 12.2. The summed E-state index contributed by atoms with van der Waals surface area (Å²) in [5.41, 5.74) is 3.13. The van der Waals surface area contributed by atoms with Gasteiger partial charge in [-0.25, -0.2) is 4.98 Å². The van der Waals surface area contributed by atoms with E-state index in [0.29, 0.717) is 45.9 Å². The van der Waals surface area contributed by atoms with Gasteiger partial charge in [-0.05, 0) is 18.1 Å². The zero-order valence-corrected chi connectivity index (χ0v) is 18.0. The van der Waals surface area contributed by atoms with Gasteiger partial charge in [0, 0.05) is 6.42 Å². The Hall–Kier alpha value is -2.54. The molecule has 0 aliphatic rings. The first-order chi connectivity index (χ1) is 14.7. The molecule has 30 heavy (non-hydrogen) atoms. The van der Waals surface area contributed by atoms with Crippen LogP contribution in [0.5, 0.6) is 0 Å².